The molecule has 0 aliphatic heterocycles. The molecule has 0 aliphatic rings. The molecule has 2 aromatic carbocycles. The van der Waals surface area contributed by atoms with Gasteiger partial charge < -0.3 is 30.3 Å². The van der Waals surface area contributed by atoms with E-state index in [0.29, 0.717) is 30.4 Å². The van der Waals surface area contributed by atoms with Crippen molar-refractivity contribution in [2.45, 2.75) is 13.8 Å². The van der Waals surface area contributed by atoms with Gasteiger partial charge in [-0.3, -0.25) is 0 Å². The largest absolute Gasteiger partial charge is 0.508 e. The lowest BCUT2D eigenvalue weighted by atomic mass is 10.2. The van der Waals surface area contributed by atoms with Gasteiger partial charge in [-0.1, -0.05) is 0 Å². The van der Waals surface area contributed by atoms with Crippen LogP contribution in [0, 0.1) is 0 Å². The van der Waals surface area contributed by atoms with Gasteiger partial charge in [-0.05, 0) is 26.0 Å². The van der Waals surface area contributed by atoms with E-state index in [0.717, 1.165) is 0 Å². The molecule has 0 heterocycles. The third-order valence-corrected chi connectivity index (χ3v) is 2.96. The Kier molecular flexibility index (Phi) is 5.73. The fourth-order valence-corrected chi connectivity index (χ4v) is 2.09. The molecule has 0 radical (unpaired) electrons. The standard InChI is InChI=1S/C17H20N2O5/c1-3-23-15-6-5-11(9-16(15)24-4-2)18-17(22)19-12-7-13(20)10-14(21)8-12/h5-10,20-21H,3-4H2,1-2H3,(H2,18,19,22). The first-order chi connectivity index (χ1) is 11.5. The van der Waals surface area contributed by atoms with Gasteiger partial charge in [0.25, 0.3) is 0 Å². The van der Waals surface area contributed by atoms with Crippen LogP contribution in [0.3, 0.4) is 0 Å². The fraction of sp³-hybridized carbons (Fsp3) is 0.235. The van der Waals surface area contributed by atoms with Crippen molar-refractivity contribution >= 4 is 17.4 Å². The van der Waals surface area contributed by atoms with Crippen molar-refractivity contribution in [1.29, 1.82) is 0 Å². The van der Waals surface area contributed by atoms with Crippen LogP contribution < -0.4 is 20.1 Å². The number of urea groups is 1. The van der Waals surface area contributed by atoms with E-state index in [4.69, 9.17) is 9.47 Å². The number of hydrogen-bond acceptors (Lipinski definition) is 5. The third-order valence-electron chi connectivity index (χ3n) is 2.96. The molecule has 4 N–H and O–H groups in total. The van der Waals surface area contributed by atoms with E-state index in [1.807, 2.05) is 13.8 Å². The number of nitrogens with one attached hydrogen (secondary N) is 2. The molecule has 2 amide bonds. The SMILES string of the molecule is CCOc1ccc(NC(=O)Nc2cc(O)cc(O)c2)cc1OCC. The van der Waals surface area contributed by atoms with Crippen LogP contribution in [-0.4, -0.2) is 29.5 Å². The number of phenolic OH excluding ortho intramolecular Hbond substituents is 2. The lowest BCUT2D eigenvalue weighted by Gasteiger charge is -2.13. The Morgan fingerprint density at radius 3 is 2.08 bits per heavy atom. The number of carbonyl (C=O) groups excluding carboxylic acids is 1. The highest BCUT2D eigenvalue weighted by Crippen LogP contribution is 2.31. The number of carbonyl (C=O) groups is 1. The van der Waals surface area contributed by atoms with Gasteiger partial charge in [-0.2, -0.15) is 0 Å². The second-order valence-corrected chi connectivity index (χ2v) is 4.84. The van der Waals surface area contributed by atoms with Crippen molar-refractivity contribution in [2.24, 2.45) is 0 Å². The zero-order valence-electron chi connectivity index (χ0n) is 13.5. The summed E-state index contributed by atoms with van der Waals surface area (Å²) in [6.45, 7) is 4.71. The molecule has 0 fully saturated rings. The summed E-state index contributed by atoms with van der Waals surface area (Å²) in [5.41, 5.74) is 0.782. The molecular weight excluding hydrogens is 312 g/mol. The molecule has 0 spiro atoms. The maximum Gasteiger partial charge on any atom is 0.323 e. The first-order valence-corrected chi connectivity index (χ1v) is 7.52. The number of amides is 2. The van der Waals surface area contributed by atoms with Crippen molar-refractivity contribution in [1.82, 2.24) is 0 Å². The highest BCUT2D eigenvalue weighted by molar-refractivity contribution is 6.00. The van der Waals surface area contributed by atoms with Gasteiger partial charge in [-0.15, -0.1) is 0 Å². The number of rotatable bonds is 6. The van der Waals surface area contributed by atoms with E-state index >= 15 is 0 Å². The maximum atomic E-state index is 12.0. The summed E-state index contributed by atoms with van der Waals surface area (Å²) in [7, 11) is 0. The number of anilines is 2. The molecule has 0 saturated heterocycles. The van der Waals surface area contributed by atoms with E-state index in [-0.39, 0.29) is 17.2 Å². The van der Waals surface area contributed by atoms with Gasteiger partial charge in [0.05, 0.1) is 13.2 Å². The van der Waals surface area contributed by atoms with Crippen LogP contribution in [0.15, 0.2) is 36.4 Å². The molecule has 0 atom stereocenters. The number of ether oxygens (including phenoxy) is 2. The summed E-state index contributed by atoms with van der Waals surface area (Å²) in [6.07, 6.45) is 0. The quantitative estimate of drug-likeness (QED) is 0.648. The highest BCUT2D eigenvalue weighted by atomic mass is 16.5. The molecule has 0 saturated carbocycles. The Hall–Kier alpha value is -3.09. The molecule has 7 nitrogen and oxygen atoms in total. The Bertz CT molecular complexity index is 698. The van der Waals surface area contributed by atoms with E-state index in [1.54, 1.807) is 18.2 Å². The third kappa shape index (κ3) is 4.70. The van der Waals surface area contributed by atoms with Crippen LogP contribution >= 0.6 is 0 Å². The van der Waals surface area contributed by atoms with Gasteiger partial charge in [0.2, 0.25) is 0 Å². The summed E-state index contributed by atoms with van der Waals surface area (Å²) in [4.78, 5) is 12.0. The van der Waals surface area contributed by atoms with E-state index < -0.39 is 6.03 Å². The van der Waals surface area contributed by atoms with E-state index in [2.05, 4.69) is 10.6 Å². The van der Waals surface area contributed by atoms with Crippen molar-refractivity contribution in [3.63, 3.8) is 0 Å². The van der Waals surface area contributed by atoms with Crippen LogP contribution in [0.5, 0.6) is 23.0 Å². The predicted molar refractivity (Wildman–Crippen MR) is 91.2 cm³/mol. The van der Waals surface area contributed by atoms with Crippen LogP contribution in [-0.2, 0) is 0 Å². The molecule has 2 aromatic rings. The Morgan fingerprint density at radius 1 is 0.875 bits per heavy atom. The lowest BCUT2D eigenvalue weighted by molar-refractivity contribution is 0.262. The number of phenols is 2. The van der Waals surface area contributed by atoms with E-state index in [9.17, 15) is 15.0 Å². The molecule has 0 aromatic heterocycles. The van der Waals surface area contributed by atoms with Crippen molar-refractivity contribution in [3.8, 4) is 23.0 Å². The lowest BCUT2D eigenvalue weighted by Crippen LogP contribution is -2.19. The zero-order chi connectivity index (χ0) is 17.5. The highest BCUT2D eigenvalue weighted by Gasteiger charge is 2.09. The van der Waals surface area contributed by atoms with Gasteiger partial charge in [0.15, 0.2) is 11.5 Å². The van der Waals surface area contributed by atoms with Gasteiger partial charge in [0, 0.05) is 35.6 Å². The Balaban J connectivity index is 2.09. The number of aromatic hydroxyl groups is 2. The van der Waals surface area contributed by atoms with Crippen molar-refractivity contribution < 1.29 is 24.5 Å². The summed E-state index contributed by atoms with van der Waals surface area (Å²) in [5, 5.41) is 24.0. The minimum atomic E-state index is -0.522. The van der Waals surface area contributed by atoms with Crippen LogP contribution in [0.25, 0.3) is 0 Å². The second-order valence-electron chi connectivity index (χ2n) is 4.84. The summed E-state index contributed by atoms with van der Waals surface area (Å²) in [5.74, 6) is 0.838. The second kappa shape index (κ2) is 7.96. The topological polar surface area (TPSA) is 100 Å². The first-order valence-electron chi connectivity index (χ1n) is 7.52. The first kappa shape index (κ1) is 17.3. The number of benzene rings is 2. The van der Waals surface area contributed by atoms with Gasteiger partial charge in [-0.25, -0.2) is 4.79 Å². The summed E-state index contributed by atoms with van der Waals surface area (Å²) < 4.78 is 11.0. The Labute approximate surface area is 139 Å². The number of hydrogen-bond donors (Lipinski definition) is 4. The molecule has 24 heavy (non-hydrogen) atoms. The minimum absolute atomic E-state index is 0.148. The Morgan fingerprint density at radius 2 is 1.46 bits per heavy atom. The molecule has 7 heteroatoms. The molecule has 128 valence electrons. The molecule has 0 unspecified atom stereocenters. The van der Waals surface area contributed by atoms with Crippen LogP contribution in [0.2, 0.25) is 0 Å². The predicted octanol–water partition coefficient (Wildman–Crippen LogP) is 3.54. The van der Waals surface area contributed by atoms with Crippen molar-refractivity contribution in [3.05, 3.63) is 36.4 Å². The average Bonchev–Trinajstić information content (AvgIpc) is 2.49. The molecular formula is C17H20N2O5. The fourth-order valence-electron chi connectivity index (χ4n) is 2.09. The van der Waals surface area contributed by atoms with Gasteiger partial charge in [0.1, 0.15) is 11.5 Å². The van der Waals surface area contributed by atoms with Crippen LogP contribution in [0.1, 0.15) is 13.8 Å². The maximum absolute atomic E-state index is 12.0. The molecule has 0 bridgehead atoms. The van der Waals surface area contributed by atoms with Gasteiger partial charge >= 0.3 is 6.03 Å². The smallest absolute Gasteiger partial charge is 0.323 e. The molecule has 0 aliphatic carbocycles. The normalized spacial score (nSPS) is 10.1. The zero-order valence-corrected chi connectivity index (χ0v) is 13.5. The van der Waals surface area contributed by atoms with E-state index in [1.165, 1.54) is 18.2 Å². The van der Waals surface area contributed by atoms with Crippen molar-refractivity contribution in [2.75, 3.05) is 23.8 Å². The summed E-state index contributed by atoms with van der Waals surface area (Å²) in [6, 6.07) is 8.35. The van der Waals surface area contributed by atoms with Crippen LogP contribution in [0.4, 0.5) is 16.2 Å². The average molecular weight is 332 g/mol. The minimum Gasteiger partial charge on any atom is -0.508 e. The monoisotopic (exact) mass is 332 g/mol. The molecule has 2 rings (SSSR count). The summed E-state index contributed by atoms with van der Waals surface area (Å²) >= 11 is 0.